The molecule has 1 aromatic heterocycles. The molecule has 0 aromatic carbocycles. The zero-order valence-electron chi connectivity index (χ0n) is 11.6. The number of hydrogen-bond acceptors (Lipinski definition) is 3. The smallest absolute Gasteiger partial charge is 0.253 e. The van der Waals surface area contributed by atoms with Crippen LogP contribution < -0.4 is 10.6 Å². The van der Waals surface area contributed by atoms with Crippen molar-refractivity contribution < 1.29 is 4.79 Å². The summed E-state index contributed by atoms with van der Waals surface area (Å²) in [7, 11) is 0. The van der Waals surface area contributed by atoms with Gasteiger partial charge in [-0.3, -0.25) is 9.78 Å². The molecule has 1 heterocycles. The van der Waals surface area contributed by atoms with Gasteiger partial charge in [0.2, 0.25) is 0 Å². The summed E-state index contributed by atoms with van der Waals surface area (Å²) in [6, 6.07) is 1.78. The SMILES string of the molecule is CCCNc1cnccc1C(=O)NCC1CCCC1. The van der Waals surface area contributed by atoms with Crippen LogP contribution in [0.2, 0.25) is 0 Å². The number of anilines is 1. The summed E-state index contributed by atoms with van der Waals surface area (Å²) >= 11 is 0. The highest BCUT2D eigenvalue weighted by Gasteiger charge is 2.17. The normalized spacial score (nSPS) is 15.4. The van der Waals surface area contributed by atoms with Gasteiger partial charge in [-0.2, -0.15) is 0 Å². The first-order valence-corrected chi connectivity index (χ1v) is 7.27. The van der Waals surface area contributed by atoms with Gasteiger partial charge in [-0.05, 0) is 31.2 Å². The Balaban J connectivity index is 1.93. The van der Waals surface area contributed by atoms with Crippen molar-refractivity contribution in [1.29, 1.82) is 0 Å². The highest BCUT2D eigenvalue weighted by Crippen LogP contribution is 2.24. The molecule has 1 aliphatic carbocycles. The Labute approximate surface area is 115 Å². The van der Waals surface area contributed by atoms with Crippen molar-refractivity contribution in [2.75, 3.05) is 18.4 Å². The Morgan fingerprint density at radius 1 is 1.42 bits per heavy atom. The fraction of sp³-hybridized carbons (Fsp3) is 0.600. The average Bonchev–Trinajstić information content (AvgIpc) is 2.96. The highest BCUT2D eigenvalue weighted by molar-refractivity contribution is 5.99. The maximum atomic E-state index is 12.2. The number of rotatable bonds is 6. The number of nitrogens with one attached hydrogen (secondary N) is 2. The van der Waals surface area contributed by atoms with E-state index in [1.54, 1.807) is 18.5 Å². The molecule has 4 nitrogen and oxygen atoms in total. The van der Waals surface area contributed by atoms with Gasteiger partial charge >= 0.3 is 0 Å². The van der Waals surface area contributed by atoms with Gasteiger partial charge in [-0.15, -0.1) is 0 Å². The average molecular weight is 261 g/mol. The molecule has 4 heteroatoms. The minimum absolute atomic E-state index is 0.00732. The minimum Gasteiger partial charge on any atom is -0.383 e. The summed E-state index contributed by atoms with van der Waals surface area (Å²) in [5.41, 5.74) is 1.52. The second-order valence-electron chi connectivity index (χ2n) is 5.21. The van der Waals surface area contributed by atoms with Crippen LogP contribution >= 0.6 is 0 Å². The van der Waals surface area contributed by atoms with Crippen LogP contribution in [-0.4, -0.2) is 24.0 Å². The van der Waals surface area contributed by atoms with E-state index in [2.05, 4.69) is 22.5 Å². The fourth-order valence-electron chi connectivity index (χ4n) is 2.54. The van der Waals surface area contributed by atoms with Gasteiger partial charge in [-0.25, -0.2) is 0 Å². The monoisotopic (exact) mass is 261 g/mol. The van der Waals surface area contributed by atoms with E-state index in [0.29, 0.717) is 11.5 Å². The molecular weight excluding hydrogens is 238 g/mol. The molecule has 0 bridgehead atoms. The van der Waals surface area contributed by atoms with Gasteiger partial charge in [0.05, 0.1) is 17.4 Å². The van der Waals surface area contributed by atoms with E-state index in [0.717, 1.165) is 25.2 Å². The number of carbonyl (C=O) groups is 1. The zero-order chi connectivity index (χ0) is 13.5. The summed E-state index contributed by atoms with van der Waals surface area (Å²) in [5.74, 6) is 0.672. The van der Waals surface area contributed by atoms with E-state index in [4.69, 9.17) is 0 Å². The number of nitrogens with zero attached hydrogens (tertiary/aromatic N) is 1. The van der Waals surface area contributed by atoms with E-state index in [-0.39, 0.29) is 5.91 Å². The van der Waals surface area contributed by atoms with E-state index >= 15 is 0 Å². The lowest BCUT2D eigenvalue weighted by Gasteiger charge is -2.13. The molecule has 19 heavy (non-hydrogen) atoms. The van der Waals surface area contributed by atoms with Crippen molar-refractivity contribution in [3.63, 3.8) is 0 Å². The first-order valence-electron chi connectivity index (χ1n) is 7.27. The lowest BCUT2D eigenvalue weighted by molar-refractivity contribution is 0.0948. The molecule has 1 aliphatic rings. The maximum Gasteiger partial charge on any atom is 0.253 e. The van der Waals surface area contributed by atoms with Crippen LogP contribution in [0.25, 0.3) is 0 Å². The van der Waals surface area contributed by atoms with Crippen LogP contribution in [0.15, 0.2) is 18.5 Å². The predicted octanol–water partition coefficient (Wildman–Crippen LogP) is 2.82. The van der Waals surface area contributed by atoms with Gasteiger partial charge in [0.25, 0.3) is 5.91 Å². The number of pyridine rings is 1. The van der Waals surface area contributed by atoms with Crippen LogP contribution in [0, 0.1) is 5.92 Å². The summed E-state index contributed by atoms with van der Waals surface area (Å²) in [5, 5.41) is 6.30. The molecule has 0 unspecified atom stereocenters. The van der Waals surface area contributed by atoms with Crippen LogP contribution in [0.4, 0.5) is 5.69 Å². The van der Waals surface area contributed by atoms with Gasteiger partial charge in [0.15, 0.2) is 0 Å². The number of aromatic nitrogens is 1. The van der Waals surface area contributed by atoms with E-state index in [1.807, 2.05) is 0 Å². The molecular formula is C15H23N3O. The highest BCUT2D eigenvalue weighted by atomic mass is 16.1. The molecule has 0 radical (unpaired) electrons. The van der Waals surface area contributed by atoms with Gasteiger partial charge < -0.3 is 10.6 Å². The van der Waals surface area contributed by atoms with Gasteiger partial charge in [0, 0.05) is 19.3 Å². The van der Waals surface area contributed by atoms with E-state index in [1.165, 1.54) is 25.7 Å². The van der Waals surface area contributed by atoms with Crippen molar-refractivity contribution in [3.05, 3.63) is 24.0 Å². The topological polar surface area (TPSA) is 54.0 Å². The maximum absolute atomic E-state index is 12.2. The second-order valence-corrected chi connectivity index (χ2v) is 5.21. The third kappa shape index (κ3) is 3.94. The van der Waals surface area contributed by atoms with Crippen molar-refractivity contribution >= 4 is 11.6 Å². The van der Waals surface area contributed by atoms with E-state index in [9.17, 15) is 4.79 Å². The second kappa shape index (κ2) is 7.12. The molecule has 1 saturated carbocycles. The largest absolute Gasteiger partial charge is 0.383 e. The fourth-order valence-corrected chi connectivity index (χ4v) is 2.54. The summed E-state index contributed by atoms with van der Waals surface area (Å²) in [6.07, 6.45) is 9.52. The molecule has 1 aromatic rings. The van der Waals surface area contributed by atoms with Crippen molar-refractivity contribution in [1.82, 2.24) is 10.3 Å². The predicted molar refractivity (Wildman–Crippen MR) is 77.3 cm³/mol. The summed E-state index contributed by atoms with van der Waals surface area (Å²) < 4.78 is 0. The Morgan fingerprint density at radius 3 is 2.95 bits per heavy atom. The van der Waals surface area contributed by atoms with Gasteiger partial charge in [-0.1, -0.05) is 19.8 Å². The van der Waals surface area contributed by atoms with Crippen LogP contribution in [0.1, 0.15) is 49.4 Å². The molecule has 1 fully saturated rings. The minimum atomic E-state index is 0.00732. The summed E-state index contributed by atoms with van der Waals surface area (Å²) in [4.78, 5) is 16.3. The molecule has 0 atom stereocenters. The van der Waals surface area contributed by atoms with Crippen LogP contribution in [0.5, 0.6) is 0 Å². The first kappa shape index (κ1) is 13.8. The lowest BCUT2D eigenvalue weighted by Crippen LogP contribution is -2.29. The molecule has 0 saturated heterocycles. The first-order chi connectivity index (χ1) is 9.31. The standard InChI is InChI=1S/C15H23N3O/c1-2-8-17-14-11-16-9-7-13(14)15(19)18-10-12-5-3-4-6-12/h7,9,11-12,17H,2-6,8,10H2,1H3,(H,18,19). The van der Waals surface area contributed by atoms with Crippen molar-refractivity contribution in [2.45, 2.75) is 39.0 Å². The Bertz CT molecular complexity index is 414. The third-order valence-corrected chi connectivity index (χ3v) is 3.66. The third-order valence-electron chi connectivity index (χ3n) is 3.66. The lowest BCUT2D eigenvalue weighted by atomic mass is 10.1. The van der Waals surface area contributed by atoms with Crippen LogP contribution in [0.3, 0.4) is 0 Å². The molecule has 2 N–H and O–H groups in total. The number of hydrogen-bond donors (Lipinski definition) is 2. The summed E-state index contributed by atoms with van der Waals surface area (Å²) in [6.45, 7) is 3.76. The Hall–Kier alpha value is -1.58. The molecule has 0 spiro atoms. The number of carbonyl (C=O) groups excluding carboxylic acids is 1. The Morgan fingerprint density at radius 2 is 2.21 bits per heavy atom. The van der Waals surface area contributed by atoms with Crippen molar-refractivity contribution in [3.8, 4) is 0 Å². The molecule has 0 aliphatic heterocycles. The molecule has 1 amide bonds. The molecule has 2 rings (SSSR count). The van der Waals surface area contributed by atoms with Crippen molar-refractivity contribution in [2.24, 2.45) is 5.92 Å². The van der Waals surface area contributed by atoms with Crippen LogP contribution in [-0.2, 0) is 0 Å². The van der Waals surface area contributed by atoms with Gasteiger partial charge in [0.1, 0.15) is 0 Å². The zero-order valence-corrected chi connectivity index (χ0v) is 11.6. The van der Waals surface area contributed by atoms with E-state index < -0.39 is 0 Å². The molecule has 104 valence electrons. The Kier molecular flexibility index (Phi) is 5.19. The number of amides is 1. The quantitative estimate of drug-likeness (QED) is 0.828.